The first-order chi connectivity index (χ1) is 25.3. The maximum Gasteiger partial charge on any atom is 0.407 e. The number of anilines is 1. The van der Waals surface area contributed by atoms with Gasteiger partial charge < -0.3 is 26.0 Å². The third-order valence-electron chi connectivity index (χ3n) is 10.3. The van der Waals surface area contributed by atoms with Crippen molar-refractivity contribution in [1.82, 2.24) is 26.1 Å². The summed E-state index contributed by atoms with van der Waals surface area (Å²) in [6.45, 7) is 7.94. The van der Waals surface area contributed by atoms with Crippen LogP contribution < -0.4 is 26.8 Å². The number of benzene rings is 3. The SMILES string of the molecule is Cc1cc(C(=O)NC2CCC2)ccc1-c1ccc(C[C@H](NC(=O)C2CCC(CNC(=O)OC(C)(C)C)CC2)C(=O)Nc2ccc3c(=O)[nH][nH]c3c2)cc1. The minimum Gasteiger partial charge on any atom is -0.444 e. The van der Waals surface area contributed by atoms with Crippen molar-refractivity contribution in [2.24, 2.45) is 11.8 Å². The van der Waals surface area contributed by atoms with Crippen molar-refractivity contribution in [3.63, 3.8) is 0 Å². The summed E-state index contributed by atoms with van der Waals surface area (Å²) in [7, 11) is 0. The van der Waals surface area contributed by atoms with E-state index in [0.29, 0.717) is 41.5 Å². The first kappa shape index (κ1) is 37.4. The molecule has 2 aliphatic carbocycles. The molecule has 3 aromatic carbocycles. The van der Waals surface area contributed by atoms with Crippen molar-refractivity contribution in [3.05, 3.63) is 87.7 Å². The third-order valence-corrected chi connectivity index (χ3v) is 10.3. The van der Waals surface area contributed by atoms with E-state index in [-0.39, 0.29) is 47.6 Å². The maximum absolute atomic E-state index is 13.8. The fourth-order valence-electron chi connectivity index (χ4n) is 7.02. The van der Waals surface area contributed by atoms with Crippen LogP contribution in [0.3, 0.4) is 0 Å². The molecule has 1 heterocycles. The molecule has 12 heteroatoms. The number of alkyl carbamates (subject to hydrolysis) is 1. The number of nitrogens with one attached hydrogen (secondary N) is 6. The summed E-state index contributed by atoms with van der Waals surface area (Å²) in [6, 6.07) is 18.0. The van der Waals surface area contributed by atoms with Crippen LogP contribution in [0.2, 0.25) is 0 Å². The molecule has 0 saturated heterocycles. The van der Waals surface area contributed by atoms with Crippen LogP contribution in [0.15, 0.2) is 65.5 Å². The largest absolute Gasteiger partial charge is 0.444 e. The molecule has 1 atom stereocenters. The average Bonchev–Trinajstić information content (AvgIpc) is 3.47. The van der Waals surface area contributed by atoms with E-state index in [0.717, 1.165) is 54.4 Å². The Morgan fingerprint density at radius 2 is 1.62 bits per heavy atom. The Hall–Kier alpha value is -5.39. The van der Waals surface area contributed by atoms with Gasteiger partial charge in [0.05, 0.1) is 10.9 Å². The molecule has 6 N–H and O–H groups in total. The van der Waals surface area contributed by atoms with Gasteiger partial charge in [-0.1, -0.05) is 30.3 Å². The Bertz CT molecular complexity index is 2010. The second kappa shape index (κ2) is 16.1. The zero-order valence-electron chi connectivity index (χ0n) is 30.9. The molecular weight excluding hydrogens is 672 g/mol. The fourth-order valence-corrected chi connectivity index (χ4v) is 7.02. The maximum atomic E-state index is 13.8. The number of amides is 4. The van der Waals surface area contributed by atoms with E-state index < -0.39 is 17.7 Å². The van der Waals surface area contributed by atoms with Crippen LogP contribution in [0.25, 0.3) is 22.0 Å². The smallest absolute Gasteiger partial charge is 0.407 e. The lowest BCUT2D eigenvalue weighted by Gasteiger charge is -2.29. The first-order valence-corrected chi connectivity index (χ1v) is 18.6. The molecule has 53 heavy (non-hydrogen) atoms. The van der Waals surface area contributed by atoms with Gasteiger partial charge in [0.2, 0.25) is 11.8 Å². The Morgan fingerprint density at radius 1 is 0.887 bits per heavy atom. The summed E-state index contributed by atoms with van der Waals surface area (Å²) < 4.78 is 5.35. The lowest BCUT2D eigenvalue weighted by Crippen LogP contribution is -2.48. The highest BCUT2D eigenvalue weighted by atomic mass is 16.6. The molecule has 280 valence electrons. The van der Waals surface area contributed by atoms with Crippen LogP contribution in [-0.4, -0.2) is 58.2 Å². The van der Waals surface area contributed by atoms with Crippen LogP contribution in [0, 0.1) is 18.8 Å². The van der Waals surface area contributed by atoms with Crippen LogP contribution in [0.1, 0.15) is 87.2 Å². The number of ether oxygens (including phenoxy) is 1. The normalized spacial score (nSPS) is 18.0. The Balaban J connectivity index is 1.11. The van der Waals surface area contributed by atoms with Crippen molar-refractivity contribution in [1.29, 1.82) is 0 Å². The quantitative estimate of drug-likeness (QED) is 0.109. The molecule has 0 radical (unpaired) electrons. The number of hydrogen-bond donors (Lipinski definition) is 6. The van der Waals surface area contributed by atoms with Gasteiger partial charge in [0.15, 0.2) is 0 Å². The van der Waals surface area contributed by atoms with Crippen LogP contribution >= 0.6 is 0 Å². The van der Waals surface area contributed by atoms with Crippen molar-refractivity contribution >= 4 is 40.4 Å². The van der Waals surface area contributed by atoms with E-state index in [1.165, 1.54) is 0 Å². The zero-order chi connectivity index (χ0) is 37.7. The van der Waals surface area contributed by atoms with Gasteiger partial charge in [-0.25, -0.2) is 4.79 Å². The minimum atomic E-state index is -0.865. The number of hydrogen-bond acceptors (Lipinski definition) is 6. The van der Waals surface area contributed by atoms with Gasteiger partial charge in [-0.05, 0) is 131 Å². The average molecular weight is 723 g/mol. The second-order valence-corrected chi connectivity index (χ2v) is 15.5. The van der Waals surface area contributed by atoms with E-state index in [2.05, 4.69) is 31.5 Å². The predicted octanol–water partition coefficient (Wildman–Crippen LogP) is 6.11. The summed E-state index contributed by atoms with van der Waals surface area (Å²) >= 11 is 0. The molecule has 0 spiro atoms. The Morgan fingerprint density at radius 3 is 2.28 bits per heavy atom. The number of aromatic nitrogens is 2. The van der Waals surface area contributed by atoms with Gasteiger partial charge in [-0.3, -0.25) is 29.4 Å². The summed E-state index contributed by atoms with van der Waals surface area (Å²) in [5.41, 5.74) is 4.72. The first-order valence-electron chi connectivity index (χ1n) is 18.6. The highest BCUT2D eigenvalue weighted by Crippen LogP contribution is 2.30. The molecule has 0 bridgehead atoms. The molecule has 2 fully saturated rings. The van der Waals surface area contributed by atoms with E-state index in [1.54, 1.807) is 18.2 Å². The second-order valence-electron chi connectivity index (χ2n) is 15.5. The molecule has 4 aromatic rings. The third kappa shape index (κ3) is 9.74. The highest BCUT2D eigenvalue weighted by Gasteiger charge is 2.30. The van der Waals surface area contributed by atoms with Gasteiger partial charge in [-0.15, -0.1) is 0 Å². The number of rotatable bonds is 11. The molecule has 2 saturated carbocycles. The number of H-pyrrole nitrogens is 2. The van der Waals surface area contributed by atoms with Crippen LogP contribution in [0.5, 0.6) is 0 Å². The molecule has 0 aliphatic heterocycles. The molecule has 4 amide bonds. The number of fused-ring (bicyclic) bond motifs is 1. The zero-order valence-corrected chi connectivity index (χ0v) is 30.9. The van der Waals surface area contributed by atoms with Gasteiger partial charge in [-0.2, -0.15) is 0 Å². The Kier molecular flexibility index (Phi) is 11.4. The fraction of sp³-hybridized carbons (Fsp3) is 0.439. The monoisotopic (exact) mass is 722 g/mol. The minimum absolute atomic E-state index is 0.0457. The topological polar surface area (TPSA) is 174 Å². The van der Waals surface area contributed by atoms with E-state index in [1.807, 2.05) is 70.2 Å². The molecule has 12 nitrogen and oxygen atoms in total. The lowest BCUT2D eigenvalue weighted by molar-refractivity contribution is -0.130. The summed E-state index contributed by atoms with van der Waals surface area (Å²) in [4.78, 5) is 64.2. The predicted molar refractivity (Wildman–Crippen MR) is 205 cm³/mol. The lowest BCUT2D eigenvalue weighted by atomic mass is 9.81. The summed E-state index contributed by atoms with van der Waals surface area (Å²) in [6.07, 6.45) is 5.87. The van der Waals surface area contributed by atoms with Gasteiger partial charge in [0.25, 0.3) is 11.5 Å². The van der Waals surface area contributed by atoms with Gasteiger partial charge in [0.1, 0.15) is 11.6 Å². The van der Waals surface area contributed by atoms with E-state index in [9.17, 15) is 24.0 Å². The molecular formula is C41H50N6O6. The van der Waals surface area contributed by atoms with Crippen LogP contribution in [-0.2, 0) is 20.7 Å². The molecule has 0 unspecified atom stereocenters. The van der Waals surface area contributed by atoms with Crippen molar-refractivity contribution < 1.29 is 23.9 Å². The standard InChI is InChI=1S/C41H50N6O6/c1-24-20-29(37(49)43-30-6-5-7-30)16-18-32(24)27-12-8-25(9-13-27)21-35(39(51)44-31-17-19-33-34(22-31)46-47-38(33)50)45-36(48)28-14-10-26(11-15-28)23-42-40(52)53-41(2,3)4/h8-9,12-13,16-20,22,26,28,30,35H,5-7,10-11,14-15,21,23H2,1-4H3,(H,42,52)(H,43,49)(H,44,51)(H,45,48)(H2,46,47,50)/t26?,28?,35-/m0/s1. The molecule has 2 aliphatic rings. The van der Waals surface area contributed by atoms with Gasteiger partial charge in [0, 0.05) is 36.2 Å². The Labute approximate surface area is 309 Å². The number of carbonyl (C=O) groups excluding carboxylic acids is 4. The van der Waals surface area contributed by atoms with Crippen molar-refractivity contribution in [2.45, 2.75) is 96.7 Å². The highest BCUT2D eigenvalue weighted by molar-refractivity contribution is 5.99. The van der Waals surface area contributed by atoms with Crippen LogP contribution in [0.4, 0.5) is 10.5 Å². The molecule has 6 rings (SSSR count). The van der Waals surface area contributed by atoms with E-state index in [4.69, 9.17) is 4.74 Å². The number of aryl methyl sites for hydroxylation is 1. The summed E-state index contributed by atoms with van der Waals surface area (Å²) in [5.74, 6) is -0.614. The molecule has 1 aromatic heterocycles. The van der Waals surface area contributed by atoms with Gasteiger partial charge >= 0.3 is 6.09 Å². The number of aromatic amines is 2. The number of carbonyl (C=O) groups is 4. The van der Waals surface area contributed by atoms with E-state index >= 15 is 0 Å². The van der Waals surface area contributed by atoms with Crippen molar-refractivity contribution in [2.75, 3.05) is 11.9 Å². The summed E-state index contributed by atoms with van der Waals surface area (Å²) in [5, 5.41) is 17.7. The van der Waals surface area contributed by atoms with Crippen molar-refractivity contribution in [3.8, 4) is 11.1 Å².